The summed E-state index contributed by atoms with van der Waals surface area (Å²) in [6, 6.07) is 0. The minimum atomic E-state index is -3.32. The van der Waals surface area contributed by atoms with E-state index < -0.39 is 48.1 Å². The van der Waals surface area contributed by atoms with Gasteiger partial charge in [0.2, 0.25) is 5.78 Å². The van der Waals surface area contributed by atoms with Gasteiger partial charge in [0.25, 0.3) is 0 Å². The standard InChI is InChI=1S/C11H16F2O4/c1-5-6(4-11(12,13)8(5)14)7-9(15)17-10(2,3)16-7/h5-7,9,15H,4H2,1-3H3/t5-,6?,7+,9+/m0/s1. The van der Waals surface area contributed by atoms with Crippen molar-refractivity contribution in [3.8, 4) is 0 Å². The maximum Gasteiger partial charge on any atom is 0.305 e. The third-order valence-electron chi connectivity index (χ3n) is 3.44. The van der Waals surface area contributed by atoms with Gasteiger partial charge in [-0.3, -0.25) is 4.79 Å². The van der Waals surface area contributed by atoms with Crippen molar-refractivity contribution in [2.75, 3.05) is 0 Å². The Morgan fingerprint density at radius 2 is 1.94 bits per heavy atom. The van der Waals surface area contributed by atoms with Gasteiger partial charge in [-0.2, -0.15) is 8.78 Å². The molecule has 1 aliphatic carbocycles. The molecule has 1 saturated carbocycles. The number of aliphatic hydroxyl groups excluding tert-OH is 1. The first-order chi connectivity index (χ1) is 7.64. The van der Waals surface area contributed by atoms with Crippen LogP contribution in [-0.2, 0) is 14.3 Å². The number of alkyl halides is 2. The average molecular weight is 250 g/mol. The molecule has 0 bridgehead atoms. The van der Waals surface area contributed by atoms with Gasteiger partial charge in [0.05, 0.1) is 0 Å². The van der Waals surface area contributed by atoms with Gasteiger partial charge in [0, 0.05) is 18.3 Å². The number of rotatable bonds is 1. The topological polar surface area (TPSA) is 55.8 Å². The van der Waals surface area contributed by atoms with E-state index in [0.717, 1.165) is 0 Å². The lowest BCUT2D eigenvalue weighted by molar-refractivity contribution is -0.175. The van der Waals surface area contributed by atoms with Crippen LogP contribution in [0.5, 0.6) is 0 Å². The largest absolute Gasteiger partial charge is 0.366 e. The molecule has 17 heavy (non-hydrogen) atoms. The Kier molecular flexibility index (Phi) is 2.80. The summed E-state index contributed by atoms with van der Waals surface area (Å²) in [5.74, 6) is -6.95. The lowest BCUT2D eigenvalue weighted by Gasteiger charge is -2.23. The fourth-order valence-electron chi connectivity index (χ4n) is 2.57. The molecule has 1 N–H and O–H groups in total. The molecule has 0 radical (unpaired) electrons. The second-order valence-electron chi connectivity index (χ2n) is 5.22. The highest BCUT2D eigenvalue weighted by atomic mass is 19.3. The number of aliphatic hydroxyl groups is 1. The number of halogens is 2. The van der Waals surface area contributed by atoms with E-state index in [9.17, 15) is 18.7 Å². The molecule has 1 unspecified atom stereocenters. The molecule has 6 heteroatoms. The fraction of sp³-hybridized carbons (Fsp3) is 0.909. The van der Waals surface area contributed by atoms with Crippen LogP contribution in [0.3, 0.4) is 0 Å². The summed E-state index contributed by atoms with van der Waals surface area (Å²) in [5, 5.41) is 9.66. The predicted molar refractivity (Wildman–Crippen MR) is 53.3 cm³/mol. The van der Waals surface area contributed by atoms with Crippen LogP contribution >= 0.6 is 0 Å². The summed E-state index contributed by atoms with van der Waals surface area (Å²) in [4.78, 5) is 11.3. The Morgan fingerprint density at radius 3 is 2.29 bits per heavy atom. The zero-order valence-electron chi connectivity index (χ0n) is 9.94. The van der Waals surface area contributed by atoms with Crippen LogP contribution in [-0.4, -0.2) is 35.0 Å². The molecule has 0 aromatic carbocycles. The zero-order valence-corrected chi connectivity index (χ0v) is 9.94. The van der Waals surface area contributed by atoms with Crippen molar-refractivity contribution in [3.05, 3.63) is 0 Å². The van der Waals surface area contributed by atoms with Crippen molar-refractivity contribution in [2.45, 2.75) is 51.3 Å². The Labute approximate surface area is 97.9 Å². The molecule has 1 heterocycles. The third-order valence-corrected chi connectivity index (χ3v) is 3.44. The first-order valence-corrected chi connectivity index (χ1v) is 5.60. The molecule has 1 aliphatic heterocycles. The lowest BCUT2D eigenvalue weighted by atomic mass is 9.91. The summed E-state index contributed by atoms with van der Waals surface area (Å²) in [5.41, 5.74) is 0. The second-order valence-corrected chi connectivity index (χ2v) is 5.22. The highest BCUT2D eigenvalue weighted by molar-refractivity contribution is 5.90. The maximum atomic E-state index is 13.3. The van der Waals surface area contributed by atoms with Crippen LogP contribution in [0.4, 0.5) is 8.78 Å². The van der Waals surface area contributed by atoms with Gasteiger partial charge in [0.15, 0.2) is 12.1 Å². The first kappa shape index (κ1) is 12.9. The minimum absolute atomic E-state index is 0.589. The van der Waals surface area contributed by atoms with E-state index >= 15 is 0 Å². The Morgan fingerprint density at radius 1 is 1.35 bits per heavy atom. The van der Waals surface area contributed by atoms with Crippen molar-refractivity contribution in [2.24, 2.45) is 11.8 Å². The number of ketones is 1. The minimum Gasteiger partial charge on any atom is -0.366 e. The van der Waals surface area contributed by atoms with E-state index in [-0.39, 0.29) is 0 Å². The highest BCUT2D eigenvalue weighted by Crippen LogP contribution is 2.46. The molecule has 0 amide bonds. The molecule has 98 valence electrons. The van der Waals surface area contributed by atoms with E-state index in [1.165, 1.54) is 6.92 Å². The average Bonchev–Trinajstić information content (AvgIpc) is 2.55. The molecular weight excluding hydrogens is 234 g/mol. The Hall–Kier alpha value is -0.590. The Balaban J connectivity index is 2.17. The van der Waals surface area contributed by atoms with Gasteiger partial charge in [-0.15, -0.1) is 0 Å². The summed E-state index contributed by atoms with van der Waals surface area (Å²) in [7, 11) is 0. The number of ether oxygens (including phenoxy) is 2. The molecule has 1 saturated heterocycles. The number of carbonyl (C=O) groups excluding carboxylic acids is 1. The molecule has 0 aromatic heterocycles. The molecule has 4 atom stereocenters. The van der Waals surface area contributed by atoms with Crippen LogP contribution in [0.2, 0.25) is 0 Å². The van der Waals surface area contributed by atoms with Gasteiger partial charge in [-0.05, 0) is 13.8 Å². The summed E-state index contributed by atoms with van der Waals surface area (Å²) in [6.07, 6.45) is -2.73. The van der Waals surface area contributed by atoms with E-state index in [4.69, 9.17) is 9.47 Å². The van der Waals surface area contributed by atoms with Crippen LogP contribution in [0.15, 0.2) is 0 Å². The van der Waals surface area contributed by atoms with E-state index in [1.807, 2.05) is 0 Å². The van der Waals surface area contributed by atoms with Gasteiger partial charge in [-0.25, -0.2) is 0 Å². The van der Waals surface area contributed by atoms with Crippen LogP contribution in [0.1, 0.15) is 27.2 Å². The van der Waals surface area contributed by atoms with E-state index in [0.29, 0.717) is 0 Å². The van der Waals surface area contributed by atoms with Crippen molar-refractivity contribution >= 4 is 5.78 Å². The smallest absolute Gasteiger partial charge is 0.305 e. The molecule has 0 spiro atoms. The van der Waals surface area contributed by atoms with Gasteiger partial charge < -0.3 is 14.6 Å². The SMILES string of the molecule is C[C@@H]1C(=O)C(F)(F)CC1[C@H]1OC(C)(C)O[C@H]1O. The molecular formula is C11H16F2O4. The first-order valence-electron chi connectivity index (χ1n) is 5.60. The maximum absolute atomic E-state index is 13.3. The monoisotopic (exact) mass is 250 g/mol. The van der Waals surface area contributed by atoms with Crippen LogP contribution < -0.4 is 0 Å². The van der Waals surface area contributed by atoms with Gasteiger partial charge in [-0.1, -0.05) is 6.92 Å². The summed E-state index contributed by atoms with van der Waals surface area (Å²) in [6.45, 7) is 4.63. The summed E-state index contributed by atoms with van der Waals surface area (Å²) < 4.78 is 37.1. The number of hydrogen-bond acceptors (Lipinski definition) is 4. The summed E-state index contributed by atoms with van der Waals surface area (Å²) >= 11 is 0. The zero-order chi connectivity index (χ0) is 13.0. The third kappa shape index (κ3) is 2.09. The molecule has 4 nitrogen and oxygen atoms in total. The van der Waals surface area contributed by atoms with E-state index in [1.54, 1.807) is 13.8 Å². The quantitative estimate of drug-likeness (QED) is 0.762. The van der Waals surface area contributed by atoms with Crippen molar-refractivity contribution < 1.29 is 28.2 Å². The van der Waals surface area contributed by atoms with Crippen LogP contribution in [0, 0.1) is 11.8 Å². The lowest BCUT2D eigenvalue weighted by Crippen LogP contribution is -2.33. The van der Waals surface area contributed by atoms with Gasteiger partial charge in [0.1, 0.15) is 6.10 Å². The van der Waals surface area contributed by atoms with Crippen molar-refractivity contribution in [3.63, 3.8) is 0 Å². The molecule has 2 aliphatic rings. The van der Waals surface area contributed by atoms with E-state index in [2.05, 4.69) is 0 Å². The molecule has 0 aromatic rings. The van der Waals surface area contributed by atoms with Gasteiger partial charge >= 0.3 is 5.92 Å². The normalized spacial score (nSPS) is 44.2. The number of Topliss-reactive ketones (excluding diaryl/α,β-unsaturated/α-hetero) is 1. The fourth-order valence-corrected chi connectivity index (χ4v) is 2.57. The van der Waals surface area contributed by atoms with Crippen molar-refractivity contribution in [1.82, 2.24) is 0 Å². The number of carbonyl (C=O) groups is 1. The molecule has 2 rings (SSSR count). The van der Waals surface area contributed by atoms with Crippen molar-refractivity contribution in [1.29, 1.82) is 0 Å². The predicted octanol–water partition coefficient (Wildman–Crippen LogP) is 1.32. The molecule has 2 fully saturated rings. The second kappa shape index (κ2) is 3.70. The number of hydrogen-bond donors (Lipinski definition) is 1. The Bertz CT molecular complexity index is 342. The highest BCUT2D eigenvalue weighted by Gasteiger charge is 2.58. The van der Waals surface area contributed by atoms with Crippen LogP contribution in [0.25, 0.3) is 0 Å².